The first-order chi connectivity index (χ1) is 28.1. The minimum atomic E-state index is -4.36. The summed E-state index contributed by atoms with van der Waals surface area (Å²) in [5.74, 6) is -1.72. The Labute approximate surface area is 348 Å². The number of anilines is 2. The Balaban J connectivity index is 1.18. The van der Waals surface area contributed by atoms with Gasteiger partial charge in [0.2, 0.25) is 5.91 Å². The van der Waals surface area contributed by atoms with Crippen molar-refractivity contribution in [1.29, 1.82) is 0 Å². The lowest BCUT2D eigenvalue weighted by Gasteiger charge is -2.30. The van der Waals surface area contributed by atoms with Crippen LogP contribution in [0.5, 0.6) is 11.5 Å². The highest BCUT2D eigenvalue weighted by Gasteiger charge is 2.62. The van der Waals surface area contributed by atoms with Gasteiger partial charge in [0, 0.05) is 47.8 Å². The van der Waals surface area contributed by atoms with E-state index in [1.165, 1.54) is 36.2 Å². The maximum atomic E-state index is 14.5. The Bertz CT molecular complexity index is 2380. The highest BCUT2D eigenvalue weighted by atomic mass is 32.2. The lowest BCUT2D eigenvalue weighted by Crippen LogP contribution is -2.58. The van der Waals surface area contributed by atoms with E-state index in [1.807, 2.05) is 37.4 Å². The van der Waals surface area contributed by atoms with Gasteiger partial charge >= 0.3 is 0 Å². The number of carbonyl (C=O) groups excluding carboxylic acids is 3. The minimum Gasteiger partial charge on any atom is -0.497 e. The summed E-state index contributed by atoms with van der Waals surface area (Å²) in [6.45, 7) is 7.24. The molecule has 17 heteroatoms. The molecule has 1 aliphatic carbocycles. The van der Waals surface area contributed by atoms with Crippen LogP contribution >= 0.6 is 11.3 Å². The highest BCUT2D eigenvalue weighted by Crippen LogP contribution is 2.46. The summed E-state index contributed by atoms with van der Waals surface area (Å²) in [7, 11) is -2.80. The molecule has 1 saturated carbocycles. The molecule has 2 fully saturated rings. The van der Waals surface area contributed by atoms with Crippen molar-refractivity contribution in [3.63, 3.8) is 0 Å². The number of nitrogens with one attached hydrogen (secondary N) is 4. The standard InChI is InChI=1S/C42H51N7O8S2/c1-25(2)44-40-46-33(24-58-40)32-21-35(29-17-16-27(56-5)19-31(29)45-32)57-28-20-34(49(23-28)39(52)41(3,4)53)37(50)47-42-22-26(42)13-9-7-6-8-12-18-43-30-14-10-11-15-36(30)59(54,55)48-38(42)51/h9-11,13-17,19,21,24-26,28,34,43,53H,6-8,12,18,20,22-23H2,1-5H3,(H,44,46)(H,47,50)(H,48,51)/t26-,28-,34+,42-/m1/s1. The summed E-state index contributed by atoms with van der Waals surface area (Å²) >= 11 is 1.45. The Morgan fingerprint density at radius 3 is 2.64 bits per heavy atom. The summed E-state index contributed by atoms with van der Waals surface area (Å²) in [6.07, 6.45) is 6.65. The van der Waals surface area contributed by atoms with Gasteiger partial charge in [0.25, 0.3) is 21.8 Å². The third-order valence-corrected chi connectivity index (χ3v) is 12.9. The number of rotatable bonds is 9. The number of allylic oxidation sites excluding steroid dienone is 1. The van der Waals surface area contributed by atoms with Crippen LogP contribution in [0.25, 0.3) is 22.3 Å². The molecule has 5 N–H and O–H groups in total. The van der Waals surface area contributed by atoms with Gasteiger partial charge < -0.3 is 35.4 Å². The number of para-hydroxylation sites is 1. The number of benzene rings is 2. The van der Waals surface area contributed by atoms with E-state index in [4.69, 9.17) is 19.4 Å². The van der Waals surface area contributed by atoms with Crippen molar-refractivity contribution in [2.75, 3.05) is 30.8 Å². The van der Waals surface area contributed by atoms with Crippen molar-refractivity contribution in [3.05, 3.63) is 66.1 Å². The Morgan fingerprint density at radius 2 is 1.88 bits per heavy atom. The fraction of sp³-hybridized carbons (Fsp3) is 0.452. The second kappa shape index (κ2) is 16.8. The number of pyridine rings is 1. The van der Waals surface area contributed by atoms with Crippen LogP contribution in [-0.4, -0.2) is 95.6 Å². The van der Waals surface area contributed by atoms with Gasteiger partial charge in [-0.25, -0.2) is 23.1 Å². The number of amides is 3. The van der Waals surface area contributed by atoms with Crippen molar-refractivity contribution in [1.82, 2.24) is 24.9 Å². The van der Waals surface area contributed by atoms with Crippen LogP contribution in [0, 0.1) is 5.92 Å². The number of aromatic nitrogens is 2. The largest absolute Gasteiger partial charge is 0.497 e. The summed E-state index contributed by atoms with van der Waals surface area (Å²) in [5, 5.41) is 23.5. The number of methoxy groups -OCH3 is 1. The van der Waals surface area contributed by atoms with Crippen LogP contribution in [0.1, 0.15) is 66.2 Å². The quantitative estimate of drug-likeness (QED) is 0.138. The normalized spacial score (nSPS) is 23.2. The zero-order chi connectivity index (χ0) is 42.1. The fourth-order valence-corrected chi connectivity index (χ4v) is 9.65. The predicted octanol–water partition coefficient (Wildman–Crippen LogP) is 5.23. The molecule has 3 amide bonds. The van der Waals surface area contributed by atoms with E-state index in [2.05, 4.69) is 20.7 Å². The minimum absolute atomic E-state index is 0.0116. The van der Waals surface area contributed by atoms with Crippen molar-refractivity contribution >= 4 is 60.8 Å². The number of ether oxygens (including phenoxy) is 2. The van der Waals surface area contributed by atoms with Crippen LogP contribution in [0.15, 0.2) is 71.0 Å². The molecule has 59 heavy (non-hydrogen) atoms. The Hall–Kier alpha value is -5.26. The van der Waals surface area contributed by atoms with E-state index in [-0.39, 0.29) is 30.3 Å². The van der Waals surface area contributed by atoms with E-state index in [9.17, 15) is 27.9 Å². The number of likely N-dealkylation sites (tertiary alicyclic amines) is 1. The zero-order valence-electron chi connectivity index (χ0n) is 33.8. The van der Waals surface area contributed by atoms with Crippen LogP contribution < -0.4 is 30.1 Å². The molecular formula is C42H51N7O8S2. The summed E-state index contributed by atoms with van der Waals surface area (Å²) in [5.41, 5.74) is -1.32. The van der Waals surface area contributed by atoms with E-state index < -0.39 is 56.9 Å². The molecule has 15 nitrogen and oxygen atoms in total. The van der Waals surface area contributed by atoms with Crippen LogP contribution in [0.3, 0.4) is 0 Å². The molecule has 4 atom stereocenters. The van der Waals surface area contributed by atoms with Gasteiger partial charge in [0.15, 0.2) is 5.13 Å². The molecule has 7 rings (SSSR count). The summed E-state index contributed by atoms with van der Waals surface area (Å²) in [6, 6.07) is 12.5. The number of nitrogens with zero attached hydrogens (tertiary/aromatic N) is 3. The first-order valence-electron chi connectivity index (χ1n) is 19.9. The van der Waals surface area contributed by atoms with Gasteiger partial charge in [0.05, 0.1) is 30.6 Å². The maximum absolute atomic E-state index is 14.5. The number of carbonyl (C=O) groups is 3. The van der Waals surface area contributed by atoms with Crippen LogP contribution in [-0.2, 0) is 24.4 Å². The maximum Gasteiger partial charge on any atom is 0.266 e. The molecule has 2 aliphatic heterocycles. The topological polar surface area (TPSA) is 201 Å². The fourth-order valence-electron chi connectivity index (χ4n) is 7.57. The molecule has 0 radical (unpaired) electrons. The molecule has 0 unspecified atom stereocenters. The zero-order valence-corrected chi connectivity index (χ0v) is 35.4. The molecule has 0 bridgehead atoms. The second-order valence-electron chi connectivity index (χ2n) is 16.1. The number of aliphatic hydroxyl groups is 1. The van der Waals surface area contributed by atoms with Crippen molar-refractivity contribution < 1.29 is 37.4 Å². The molecule has 4 heterocycles. The monoisotopic (exact) mass is 845 g/mol. The highest BCUT2D eigenvalue weighted by molar-refractivity contribution is 7.90. The van der Waals surface area contributed by atoms with Crippen LogP contribution in [0.4, 0.5) is 10.8 Å². The van der Waals surface area contributed by atoms with Crippen LogP contribution in [0.2, 0.25) is 0 Å². The lowest BCUT2D eigenvalue weighted by atomic mass is 10.1. The van der Waals surface area contributed by atoms with E-state index in [0.717, 1.165) is 30.8 Å². The Morgan fingerprint density at radius 1 is 1.08 bits per heavy atom. The summed E-state index contributed by atoms with van der Waals surface area (Å²) in [4.78, 5) is 53.2. The number of hydrogen-bond donors (Lipinski definition) is 5. The molecular weight excluding hydrogens is 795 g/mol. The molecule has 0 spiro atoms. The number of sulfonamides is 1. The van der Waals surface area contributed by atoms with E-state index >= 15 is 0 Å². The smallest absolute Gasteiger partial charge is 0.266 e. The third-order valence-electron chi connectivity index (χ3n) is 10.7. The SMILES string of the molecule is COc1ccc2c(O[C@@H]3C[C@@H](C(=O)N[C@]45C[C@H]4C=CCCCCCNc4ccccc4S(=O)(=O)NC5=O)N(C(=O)C(C)(C)O)C3)cc(-c3csc(NC(C)C)n3)nc2c1. The van der Waals surface area contributed by atoms with E-state index in [1.54, 1.807) is 43.5 Å². The molecule has 2 aromatic carbocycles. The molecule has 314 valence electrons. The van der Waals surface area contributed by atoms with E-state index in [0.29, 0.717) is 46.0 Å². The lowest BCUT2D eigenvalue weighted by molar-refractivity contribution is -0.152. The summed E-state index contributed by atoms with van der Waals surface area (Å²) < 4.78 is 41.8. The van der Waals surface area contributed by atoms with Crippen molar-refractivity contribution in [2.24, 2.45) is 5.92 Å². The average Bonchev–Trinajstić information content (AvgIpc) is 3.45. The number of hydrogen-bond acceptors (Lipinski definition) is 13. The van der Waals surface area contributed by atoms with Crippen molar-refractivity contribution in [2.45, 2.75) is 100 Å². The third kappa shape index (κ3) is 9.16. The first-order valence-corrected chi connectivity index (χ1v) is 22.2. The van der Waals surface area contributed by atoms with Gasteiger partial charge in [-0.3, -0.25) is 14.4 Å². The second-order valence-corrected chi connectivity index (χ2v) is 18.6. The number of thiazole rings is 1. The van der Waals surface area contributed by atoms with Gasteiger partial charge in [-0.05, 0) is 77.6 Å². The number of fused-ring (bicyclic) bond motifs is 3. The molecule has 1 saturated heterocycles. The Kier molecular flexibility index (Phi) is 11.9. The van der Waals surface area contributed by atoms with Gasteiger partial charge in [-0.1, -0.05) is 30.7 Å². The molecule has 3 aliphatic rings. The average molecular weight is 846 g/mol. The van der Waals surface area contributed by atoms with Gasteiger partial charge in [0.1, 0.15) is 45.4 Å². The van der Waals surface area contributed by atoms with Gasteiger partial charge in [-0.15, -0.1) is 11.3 Å². The molecule has 2 aromatic heterocycles. The molecule has 4 aromatic rings. The predicted molar refractivity (Wildman–Crippen MR) is 226 cm³/mol. The van der Waals surface area contributed by atoms with Gasteiger partial charge in [-0.2, -0.15) is 0 Å². The first kappa shape index (κ1) is 41.9. The van der Waals surface area contributed by atoms with Crippen molar-refractivity contribution in [3.8, 4) is 22.9 Å².